The molecule has 28 heavy (non-hydrogen) atoms. The van der Waals surface area contributed by atoms with Gasteiger partial charge >= 0.3 is 0 Å². The van der Waals surface area contributed by atoms with E-state index in [1.165, 1.54) is 0 Å². The molecule has 0 atom stereocenters. The molecule has 4 rings (SSSR count). The van der Waals surface area contributed by atoms with Crippen molar-refractivity contribution in [3.63, 3.8) is 0 Å². The van der Waals surface area contributed by atoms with Gasteiger partial charge in [0.1, 0.15) is 0 Å². The largest absolute Gasteiger partial charge is 0.379 e. The first-order valence-corrected chi connectivity index (χ1v) is 10.2. The van der Waals surface area contributed by atoms with Crippen LogP contribution in [0.2, 0.25) is 0 Å². The Balaban J connectivity index is 1.62. The molecule has 3 aromatic rings. The fraction of sp³-hybridized carbons (Fsp3) is 0.333. The molecule has 2 heterocycles. The van der Waals surface area contributed by atoms with Crippen LogP contribution >= 0.6 is 15.9 Å². The van der Waals surface area contributed by atoms with Crippen molar-refractivity contribution in [1.29, 1.82) is 5.41 Å². The summed E-state index contributed by atoms with van der Waals surface area (Å²) < 4.78 is 10.1. The Morgan fingerprint density at radius 2 is 1.71 bits per heavy atom. The van der Waals surface area contributed by atoms with Crippen molar-refractivity contribution in [3.05, 3.63) is 64.2 Å². The van der Waals surface area contributed by atoms with Crippen LogP contribution in [-0.4, -0.2) is 52.7 Å². The SMILES string of the molecule is N=c1n(CCN2CCOCC2)c2ccccc2n1CC(=O)c1cccc(Br)c1. The van der Waals surface area contributed by atoms with Gasteiger partial charge in [-0.1, -0.05) is 40.2 Å². The fourth-order valence-electron chi connectivity index (χ4n) is 3.64. The van der Waals surface area contributed by atoms with E-state index in [-0.39, 0.29) is 12.3 Å². The minimum Gasteiger partial charge on any atom is -0.379 e. The second-order valence-electron chi connectivity index (χ2n) is 6.94. The molecule has 0 radical (unpaired) electrons. The number of hydrogen-bond acceptors (Lipinski definition) is 4. The van der Waals surface area contributed by atoms with Gasteiger partial charge in [-0.25, -0.2) is 0 Å². The maximum Gasteiger partial charge on any atom is 0.203 e. The van der Waals surface area contributed by atoms with E-state index in [4.69, 9.17) is 10.1 Å². The fourth-order valence-corrected chi connectivity index (χ4v) is 4.04. The lowest BCUT2D eigenvalue weighted by Crippen LogP contribution is -2.39. The summed E-state index contributed by atoms with van der Waals surface area (Å²) in [7, 11) is 0. The van der Waals surface area contributed by atoms with Gasteiger partial charge in [0.25, 0.3) is 0 Å². The summed E-state index contributed by atoms with van der Waals surface area (Å²) in [6.07, 6.45) is 0. The van der Waals surface area contributed by atoms with Gasteiger partial charge in [-0.2, -0.15) is 0 Å². The van der Waals surface area contributed by atoms with E-state index in [0.29, 0.717) is 11.2 Å². The summed E-state index contributed by atoms with van der Waals surface area (Å²) in [5, 5.41) is 8.71. The van der Waals surface area contributed by atoms with Crippen LogP contribution < -0.4 is 5.62 Å². The van der Waals surface area contributed by atoms with Crippen LogP contribution in [0.4, 0.5) is 0 Å². The van der Waals surface area contributed by atoms with E-state index < -0.39 is 0 Å². The van der Waals surface area contributed by atoms with Gasteiger partial charge < -0.3 is 13.9 Å². The Kier molecular flexibility index (Phi) is 5.75. The number of carbonyl (C=O) groups excluding carboxylic acids is 1. The Morgan fingerprint density at radius 3 is 2.43 bits per heavy atom. The number of benzene rings is 2. The number of hydrogen-bond donors (Lipinski definition) is 1. The Labute approximate surface area is 172 Å². The molecule has 1 saturated heterocycles. The topological polar surface area (TPSA) is 63.2 Å². The molecule has 7 heteroatoms. The van der Waals surface area contributed by atoms with Gasteiger partial charge in [-0.3, -0.25) is 15.1 Å². The third kappa shape index (κ3) is 3.97. The Bertz CT molecular complexity index is 1050. The number of nitrogens with one attached hydrogen (secondary N) is 1. The number of morpholine rings is 1. The zero-order valence-corrected chi connectivity index (χ0v) is 17.2. The molecule has 0 amide bonds. The minimum atomic E-state index is -0.00381. The van der Waals surface area contributed by atoms with Gasteiger partial charge in [0.05, 0.1) is 30.8 Å². The van der Waals surface area contributed by atoms with Crippen molar-refractivity contribution in [2.45, 2.75) is 13.1 Å². The Morgan fingerprint density at radius 1 is 1.00 bits per heavy atom. The molecule has 0 spiro atoms. The number of para-hydroxylation sites is 2. The summed E-state index contributed by atoms with van der Waals surface area (Å²) in [6, 6.07) is 15.3. The zero-order chi connectivity index (χ0) is 19.5. The first-order chi connectivity index (χ1) is 13.6. The molecule has 1 aromatic heterocycles. The van der Waals surface area contributed by atoms with Crippen LogP contribution in [0.15, 0.2) is 53.0 Å². The number of aromatic nitrogens is 2. The summed E-state index contributed by atoms with van der Waals surface area (Å²) in [5.41, 5.74) is 2.91. The number of fused-ring (bicyclic) bond motifs is 1. The van der Waals surface area contributed by atoms with E-state index in [1.54, 1.807) is 4.57 Å². The lowest BCUT2D eigenvalue weighted by molar-refractivity contribution is 0.0363. The molecule has 1 aliphatic rings. The normalized spacial score (nSPS) is 15.2. The van der Waals surface area contributed by atoms with Crippen LogP contribution in [0.1, 0.15) is 10.4 Å². The maximum absolute atomic E-state index is 12.8. The third-order valence-corrected chi connectivity index (χ3v) is 5.66. The molecule has 0 unspecified atom stereocenters. The van der Waals surface area contributed by atoms with Crippen molar-refractivity contribution in [2.75, 3.05) is 32.8 Å². The number of carbonyl (C=O) groups is 1. The molecule has 6 nitrogen and oxygen atoms in total. The van der Waals surface area contributed by atoms with Crippen molar-refractivity contribution in [2.24, 2.45) is 0 Å². The van der Waals surface area contributed by atoms with Crippen LogP contribution in [0, 0.1) is 5.41 Å². The van der Waals surface area contributed by atoms with Crippen LogP contribution in [0.5, 0.6) is 0 Å². The molecular weight excluding hydrogens is 420 g/mol. The molecule has 2 aromatic carbocycles. The molecule has 0 saturated carbocycles. The third-order valence-electron chi connectivity index (χ3n) is 5.17. The number of halogens is 1. The van der Waals surface area contributed by atoms with Crippen molar-refractivity contribution in [3.8, 4) is 0 Å². The average Bonchev–Trinajstić information content (AvgIpc) is 2.98. The number of imidazole rings is 1. The Hall–Kier alpha value is -2.22. The average molecular weight is 443 g/mol. The van der Waals surface area contributed by atoms with Gasteiger partial charge in [0.2, 0.25) is 5.62 Å². The quantitative estimate of drug-likeness (QED) is 0.596. The molecule has 146 valence electrons. The predicted octanol–water partition coefficient (Wildman–Crippen LogP) is 2.90. The standard InChI is InChI=1S/C21H23BrN4O2/c22-17-5-3-4-16(14-17)20(27)15-26-19-7-2-1-6-18(19)25(21(26)23)9-8-24-10-12-28-13-11-24/h1-7,14,23H,8-13,15H2. The van der Waals surface area contributed by atoms with E-state index in [9.17, 15) is 4.79 Å². The van der Waals surface area contributed by atoms with Crippen molar-refractivity contribution >= 4 is 32.7 Å². The number of nitrogens with zero attached hydrogens (tertiary/aromatic N) is 3. The van der Waals surface area contributed by atoms with Crippen LogP contribution in [-0.2, 0) is 17.8 Å². The highest BCUT2D eigenvalue weighted by molar-refractivity contribution is 9.10. The predicted molar refractivity (Wildman–Crippen MR) is 112 cm³/mol. The minimum absolute atomic E-state index is 0.00381. The van der Waals surface area contributed by atoms with Crippen LogP contribution in [0.3, 0.4) is 0 Å². The summed E-state index contributed by atoms with van der Waals surface area (Å²) in [4.78, 5) is 15.2. The van der Waals surface area contributed by atoms with Crippen molar-refractivity contribution in [1.82, 2.24) is 14.0 Å². The second kappa shape index (κ2) is 8.43. The summed E-state index contributed by atoms with van der Waals surface area (Å²) >= 11 is 3.42. The molecule has 1 N–H and O–H groups in total. The number of rotatable bonds is 6. The highest BCUT2D eigenvalue weighted by Gasteiger charge is 2.16. The molecule has 1 aliphatic heterocycles. The highest BCUT2D eigenvalue weighted by atomic mass is 79.9. The van der Waals surface area contributed by atoms with Crippen LogP contribution in [0.25, 0.3) is 11.0 Å². The first-order valence-electron chi connectivity index (χ1n) is 9.45. The van der Waals surface area contributed by atoms with E-state index in [2.05, 4.69) is 20.8 Å². The highest BCUT2D eigenvalue weighted by Crippen LogP contribution is 2.16. The van der Waals surface area contributed by atoms with Gasteiger partial charge in [0.15, 0.2) is 5.78 Å². The number of Topliss-reactive ketones (excluding diaryl/α,β-unsaturated/α-hetero) is 1. The summed E-state index contributed by atoms with van der Waals surface area (Å²) in [5.74, 6) is -0.00381. The van der Waals surface area contributed by atoms with E-state index >= 15 is 0 Å². The van der Waals surface area contributed by atoms with Gasteiger partial charge in [0, 0.05) is 36.2 Å². The molecule has 0 aliphatic carbocycles. The lowest BCUT2D eigenvalue weighted by atomic mass is 10.1. The lowest BCUT2D eigenvalue weighted by Gasteiger charge is -2.26. The number of ether oxygens (including phenoxy) is 1. The van der Waals surface area contributed by atoms with Gasteiger partial charge in [-0.15, -0.1) is 0 Å². The molecule has 0 bridgehead atoms. The number of ketones is 1. The maximum atomic E-state index is 12.8. The molecular formula is C21H23BrN4O2. The van der Waals surface area contributed by atoms with Crippen molar-refractivity contribution < 1.29 is 9.53 Å². The molecule has 1 fully saturated rings. The van der Waals surface area contributed by atoms with E-state index in [0.717, 1.165) is 54.9 Å². The van der Waals surface area contributed by atoms with E-state index in [1.807, 2.05) is 53.1 Å². The summed E-state index contributed by atoms with van der Waals surface area (Å²) in [6.45, 7) is 5.12. The first kappa shape index (κ1) is 19.1. The zero-order valence-electron chi connectivity index (χ0n) is 15.6. The second-order valence-corrected chi connectivity index (χ2v) is 7.85. The monoisotopic (exact) mass is 442 g/mol. The van der Waals surface area contributed by atoms with Gasteiger partial charge in [-0.05, 0) is 24.3 Å². The smallest absolute Gasteiger partial charge is 0.203 e.